The van der Waals surface area contributed by atoms with Crippen LogP contribution in [0.25, 0.3) is 5.69 Å². The summed E-state index contributed by atoms with van der Waals surface area (Å²) in [5.74, 6) is 0.962. The maximum absolute atomic E-state index is 12.6. The van der Waals surface area contributed by atoms with Gasteiger partial charge in [0.2, 0.25) is 0 Å². The second-order valence-electron chi connectivity index (χ2n) is 6.55. The smallest absolute Gasteiger partial charge is 0.273 e. The number of carbonyl (C=O) groups excluding carboxylic acids is 1. The van der Waals surface area contributed by atoms with E-state index in [1.54, 1.807) is 11.8 Å². The van der Waals surface area contributed by atoms with Gasteiger partial charge in [0.25, 0.3) is 5.91 Å². The molecule has 25 heavy (non-hydrogen) atoms. The first-order chi connectivity index (χ1) is 12.3. The zero-order chi connectivity index (χ0) is 17.2. The normalized spacial score (nSPS) is 19.8. The molecular formula is C18H22N4O3. The van der Waals surface area contributed by atoms with Crippen LogP contribution in [0.5, 0.6) is 5.75 Å². The highest BCUT2D eigenvalue weighted by Crippen LogP contribution is 2.42. The number of nitrogens with one attached hydrogen (secondary N) is 1. The minimum Gasteiger partial charge on any atom is -0.497 e. The van der Waals surface area contributed by atoms with E-state index in [0.717, 1.165) is 49.4 Å². The molecule has 1 aliphatic carbocycles. The van der Waals surface area contributed by atoms with E-state index in [1.165, 1.54) is 0 Å². The van der Waals surface area contributed by atoms with E-state index in [-0.39, 0.29) is 12.0 Å². The molecule has 7 nitrogen and oxygen atoms in total. The summed E-state index contributed by atoms with van der Waals surface area (Å²) in [6, 6.07) is 7.61. The summed E-state index contributed by atoms with van der Waals surface area (Å²) in [6.45, 7) is 1.31. The van der Waals surface area contributed by atoms with Crippen molar-refractivity contribution in [1.82, 2.24) is 20.3 Å². The van der Waals surface area contributed by atoms with Crippen molar-refractivity contribution >= 4 is 5.91 Å². The molecule has 7 heteroatoms. The van der Waals surface area contributed by atoms with Crippen LogP contribution in [0.3, 0.4) is 0 Å². The van der Waals surface area contributed by atoms with Gasteiger partial charge in [-0.05, 0) is 49.9 Å². The van der Waals surface area contributed by atoms with E-state index in [4.69, 9.17) is 9.47 Å². The van der Waals surface area contributed by atoms with E-state index in [1.807, 2.05) is 24.3 Å². The number of amides is 1. The van der Waals surface area contributed by atoms with Gasteiger partial charge in [-0.2, -0.15) is 0 Å². The third-order valence-corrected chi connectivity index (χ3v) is 4.72. The van der Waals surface area contributed by atoms with E-state index in [2.05, 4.69) is 15.6 Å². The van der Waals surface area contributed by atoms with Gasteiger partial charge in [0.15, 0.2) is 5.69 Å². The Morgan fingerprint density at radius 1 is 1.32 bits per heavy atom. The number of aromatic nitrogens is 3. The van der Waals surface area contributed by atoms with E-state index in [9.17, 15) is 4.79 Å². The van der Waals surface area contributed by atoms with Gasteiger partial charge in [-0.15, -0.1) is 5.10 Å². The summed E-state index contributed by atoms with van der Waals surface area (Å²) in [5, 5.41) is 11.4. The van der Waals surface area contributed by atoms with Crippen LogP contribution in [0, 0.1) is 0 Å². The first kappa shape index (κ1) is 16.1. The van der Waals surface area contributed by atoms with Crippen LogP contribution >= 0.6 is 0 Å². The van der Waals surface area contributed by atoms with Crippen molar-refractivity contribution in [3.63, 3.8) is 0 Å². The molecule has 1 atom stereocenters. The maximum Gasteiger partial charge on any atom is 0.273 e. The minimum absolute atomic E-state index is 0.116. The van der Waals surface area contributed by atoms with E-state index in [0.29, 0.717) is 18.2 Å². The molecule has 2 heterocycles. The standard InChI is InChI=1S/C18H22N4O3/c1-24-14-8-6-13(7-9-14)22-17(12-4-5-12)16(20-21-22)18(23)19-11-15-3-2-10-25-15/h6-9,12,15H,2-5,10-11H2,1H3,(H,19,23)/t15-/m1/s1. The molecule has 0 radical (unpaired) electrons. The Morgan fingerprint density at radius 3 is 2.76 bits per heavy atom. The second-order valence-corrected chi connectivity index (χ2v) is 6.55. The summed E-state index contributed by atoms with van der Waals surface area (Å²) >= 11 is 0. The quantitative estimate of drug-likeness (QED) is 0.869. The predicted molar refractivity (Wildman–Crippen MR) is 91.2 cm³/mol. The largest absolute Gasteiger partial charge is 0.497 e. The van der Waals surface area contributed by atoms with Crippen molar-refractivity contribution in [1.29, 1.82) is 0 Å². The van der Waals surface area contributed by atoms with Gasteiger partial charge in [-0.25, -0.2) is 4.68 Å². The summed E-state index contributed by atoms with van der Waals surface area (Å²) in [4.78, 5) is 12.6. The van der Waals surface area contributed by atoms with Gasteiger partial charge in [-0.3, -0.25) is 4.79 Å². The highest BCUT2D eigenvalue weighted by atomic mass is 16.5. The lowest BCUT2D eigenvalue weighted by molar-refractivity contribution is 0.0853. The molecule has 1 saturated carbocycles. The fourth-order valence-electron chi connectivity index (χ4n) is 3.18. The lowest BCUT2D eigenvalue weighted by Crippen LogP contribution is -2.32. The number of hydrogen-bond donors (Lipinski definition) is 1. The molecular weight excluding hydrogens is 320 g/mol. The number of rotatable bonds is 6. The molecule has 0 unspecified atom stereocenters. The fourth-order valence-corrected chi connectivity index (χ4v) is 3.18. The average Bonchev–Trinajstić information content (AvgIpc) is 3.18. The molecule has 1 N–H and O–H groups in total. The van der Waals surface area contributed by atoms with Gasteiger partial charge in [0, 0.05) is 19.1 Å². The van der Waals surface area contributed by atoms with Crippen LogP contribution in [-0.4, -0.2) is 47.3 Å². The molecule has 1 saturated heterocycles. The van der Waals surface area contributed by atoms with Gasteiger partial charge in [0.05, 0.1) is 24.6 Å². The van der Waals surface area contributed by atoms with Crippen molar-refractivity contribution in [3.8, 4) is 11.4 Å². The van der Waals surface area contributed by atoms with Gasteiger partial charge in [0.1, 0.15) is 5.75 Å². The Hall–Kier alpha value is -2.41. The minimum atomic E-state index is -0.169. The first-order valence-corrected chi connectivity index (χ1v) is 8.76. The number of ether oxygens (including phenoxy) is 2. The van der Waals surface area contributed by atoms with E-state index >= 15 is 0 Å². The SMILES string of the molecule is COc1ccc(-n2nnc(C(=O)NC[C@H]3CCCO3)c2C2CC2)cc1. The summed E-state index contributed by atoms with van der Waals surface area (Å²) in [7, 11) is 1.64. The van der Waals surface area contributed by atoms with Crippen LogP contribution in [0.4, 0.5) is 0 Å². The zero-order valence-electron chi connectivity index (χ0n) is 14.3. The average molecular weight is 342 g/mol. The van der Waals surface area contributed by atoms with Crippen molar-refractivity contribution < 1.29 is 14.3 Å². The summed E-state index contributed by atoms with van der Waals surface area (Å²) in [5.41, 5.74) is 2.21. The van der Waals surface area contributed by atoms with Crippen LogP contribution in [0.2, 0.25) is 0 Å². The number of nitrogens with zero attached hydrogens (tertiary/aromatic N) is 3. The second kappa shape index (κ2) is 6.84. The zero-order valence-corrected chi connectivity index (χ0v) is 14.3. The van der Waals surface area contributed by atoms with E-state index < -0.39 is 0 Å². The molecule has 2 aliphatic rings. The van der Waals surface area contributed by atoms with Crippen LogP contribution in [-0.2, 0) is 4.74 Å². The molecule has 1 aliphatic heterocycles. The molecule has 2 fully saturated rings. The molecule has 132 valence electrons. The Balaban J connectivity index is 1.55. The Kier molecular flexibility index (Phi) is 4.40. The number of hydrogen-bond acceptors (Lipinski definition) is 5. The number of carbonyl (C=O) groups is 1. The topological polar surface area (TPSA) is 78.3 Å². The third kappa shape index (κ3) is 3.37. The van der Waals surface area contributed by atoms with Crippen molar-refractivity contribution in [2.45, 2.75) is 37.7 Å². The Bertz CT molecular complexity index is 746. The summed E-state index contributed by atoms with van der Waals surface area (Å²) < 4.78 is 12.5. The number of methoxy groups -OCH3 is 1. The monoisotopic (exact) mass is 342 g/mol. The highest BCUT2D eigenvalue weighted by molar-refractivity contribution is 5.93. The van der Waals surface area contributed by atoms with Crippen molar-refractivity contribution in [3.05, 3.63) is 35.7 Å². The highest BCUT2D eigenvalue weighted by Gasteiger charge is 2.34. The molecule has 0 bridgehead atoms. The fraction of sp³-hybridized carbons (Fsp3) is 0.500. The molecule has 1 amide bonds. The predicted octanol–water partition coefficient (Wildman–Crippen LogP) is 2.06. The maximum atomic E-state index is 12.6. The molecule has 1 aromatic heterocycles. The lowest BCUT2D eigenvalue weighted by atomic mass is 10.2. The van der Waals surface area contributed by atoms with Crippen molar-refractivity contribution in [2.75, 3.05) is 20.3 Å². The lowest BCUT2D eigenvalue weighted by Gasteiger charge is -2.11. The van der Waals surface area contributed by atoms with Gasteiger partial charge >= 0.3 is 0 Å². The Labute approximate surface area is 146 Å². The first-order valence-electron chi connectivity index (χ1n) is 8.76. The molecule has 1 aromatic carbocycles. The van der Waals surface area contributed by atoms with Gasteiger partial charge in [-0.1, -0.05) is 5.21 Å². The van der Waals surface area contributed by atoms with Crippen LogP contribution < -0.4 is 10.1 Å². The summed E-state index contributed by atoms with van der Waals surface area (Å²) in [6.07, 6.45) is 4.30. The van der Waals surface area contributed by atoms with Crippen LogP contribution in [0.15, 0.2) is 24.3 Å². The number of benzene rings is 1. The van der Waals surface area contributed by atoms with Gasteiger partial charge < -0.3 is 14.8 Å². The molecule has 4 rings (SSSR count). The molecule has 2 aromatic rings. The molecule has 0 spiro atoms. The van der Waals surface area contributed by atoms with Crippen molar-refractivity contribution in [2.24, 2.45) is 0 Å². The van der Waals surface area contributed by atoms with Crippen LogP contribution in [0.1, 0.15) is 47.8 Å². The third-order valence-electron chi connectivity index (χ3n) is 4.72. The Morgan fingerprint density at radius 2 is 2.12 bits per heavy atom.